The van der Waals surface area contributed by atoms with Crippen LogP contribution < -0.4 is 14.7 Å². The van der Waals surface area contributed by atoms with E-state index >= 15 is 0 Å². The number of fused-ring (bicyclic) bond motifs is 1. The molecular weight excluding hydrogens is 872 g/mol. The minimum Gasteiger partial charge on any atom is -0.368 e. The minimum absolute atomic E-state index is 0.0123. The fourth-order valence-corrected chi connectivity index (χ4v) is 6.53. The van der Waals surface area contributed by atoms with Crippen molar-refractivity contribution in [1.29, 1.82) is 0 Å². The molecule has 3 rings (SSSR count). The second-order valence-corrected chi connectivity index (χ2v) is 13.5. The number of hydrogen-bond donors (Lipinski definition) is 0. The lowest BCUT2D eigenvalue weighted by Gasteiger charge is -2.41. The normalized spacial score (nSPS) is 16.2. The van der Waals surface area contributed by atoms with Crippen LogP contribution in [-0.4, -0.2) is 273 Å². The monoisotopic (exact) mass is 945 g/mol. The highest BCUT2D eigenvalue weighted by Gasteiger charge is 2.65. The number of methoxy groups -OCH3 is 14. The molecule has 0 aliphatic carbocycles. The molecule has 0 radical (unpaired) electrons. The average molecular weight is 945 g/mol. The van der Waals surface area contributed by atoms with E-state index in [1.165, 1.54) is 96.9 Å². The summed E-state index contributed by atoms with van der Waals surface area (Å²) in [7, 11) is 21.4. The van der Waals surface area contributed by atoms with Gasteiger partial charge < -0.3 is 66.3 Å². The van der Waals surface area contributed by atoms with Crippen molar-refractivity contribution in [3.8, 4) is 0 Å². The summed E-state index contributed by atoms with van der Waals surface area (Å²) in [5.41, 5.74) is 0. The van der Waals surface area contributed by atoms with E-state index in [0.717, 1.165) is 0 Å². The standard InChI is InChI=1S/C20H42N8O10.C15H30N6O6/c1-31-9-21(10-32-2)25-17-18(27(19(25)29)23(13-35-5)14-36-6)28(24(15-37-7)16-38-8)20(30)26(17)22(11-33-3)12-34-4;1-22-7-19(8-23-2)13-16-14(20(9-24-3)10-25-4)18-15(17-13)21(11-26-5)12-27-6/h17-18H,9-16H2,1-8H3;7-12H2,1-6H3. The topological polar surface area (TPSA) is 238 Å². The Kier molecular flexibility index (Phi) is 28.3. The van der Waals surface area contributed by atoms with Gasteiger partial charge in [-0.3, -0.25) is 14.7 Å². The van der Waals surface area contributed by atoms with Gasteiger partial charge in [0.15, 0.2) is 12.3 Å². The molecule has 30 heteroatoms. The summed E-state index contributed by atoms with van der Waals surface area (Å²) in [6.07, 6.45) is -1.89. The van der Waals surface area contributed by atoms with E-state index in [-0.39, 0.29) is 94.2 Å². The number of urea groups is 2. The number of hydrazine groups is 4. The van der Waals surface area contributed by atoms with Crippen LogP contribution in [0.2, 0.25) is 0 Å². The van der Waals surface area contributed by atoms with Gasteiger partial charge in [0, 0.05) is 99.5 Å². The zero-order valence-electron chi connectivity index (χ0n) is 40.3. The molecular formula is C35H72N14O16. The molecule has 0 aromatic carbocycles. The molecule has 0 unspecified atom stereocenters. The first kappa shape index (κ1) is 57.4. The third kappa shape index (κ3) is 15.7. The molecule has 0 saturated carbocycles. The smallest absolute Gasteiger partial charge is 0.353 e. The zero-order chi connectivity index (χ0) is 48.3. The van der Waals surface area contributed by atoms with Gasteiger partial charge >= 0.3 is 12.1 Å². The molecule has 2 aliphatic rings. The van der Waals surface area contributed by atoms with Crippen LogP contribution in [0.1, 0.15) is 0 Å². The maximum Gasteiger partial charge on any atom is 0.353 e. The van der Waals surface area contributed by atoms with E-state index in [4.69, 9.17) is 66.3 Å². The predicted octanol–water partition coefficient (Wildman–Crippen LogP) is -1.27. The first-order valence-corrected chi connectivity index (χ1v) is 19.7. The van der Waals surface area contributed by atoms with Gasteiger partial charge in [-0.2, -0.15) is 35.0 Å². The SMILES string of the molecule is COCN(COC)N1C(=O)N(N(COC)COC)C2C1N(N(COC)COC)C(=O)N2N(COC)COC.COCN(COC)c1nc(N(COC)COC)nc(N(COC)COC)n1. The summed E-state index contributed by atoms with van der Waals surface area (Å²) in [6.45, 7) is 1.32. The Labute approximate surface area is 381 Å². The Morgan fingerprint density at radius 3 is 0.600 bits per heavy atom. The fourth-order valence-electron chi connectivity index (χ4n) is 6.53. The fraction of sp³-hybridized carbons (Fsp3) is 0.857. The summed E-state index contributed by atoms with van der Waals surface area (Å²) in [5, 5.41) is 11.7. The highest BCUT2D eigenvalue weighted by molar-refractivity contribution is 5.84. The Bertz CT molecular complexity index is 1220. The van der Waals surface area contributed by atoms with Gasteiger partial charge in [-0.1, -0.05) is 0 Å². The van der Waals surface area contributed by atoms with Crippen LogP contribution in [0.3, 0.4) is 0 Å². The molecule has 2 aliphatic heterocycles. The molecule has 0 bridgehead atoms. The first-order chi connectivity index (χ1) is 31.6. The number of nitrogens with zero attached hydrogens (tertiary/aromatic N) is 14. The van der Waals surface area contributed by atoms with Gasteiger partial charge in [0.25, 0.3) is 0 Å². The van der Waals surface area contributed by atoms with Crippen LogP contribution in [0.25, 0.3) is 0 Å². The van der Waals surface area contributed by atoms with Gasteiger partial charge in [0.1, 0.15) is 94.2 Å². The number of carbonyl (C=O) groups excluding carboxylic acids is 2. The molecule has 4 amide bonds. The van der Waals surface area contributed by atoms with Crippen LogP contribution >= 0.6 is 0 Å². The minimum atomic E-state index is -0.946. The molecule has 65 heavy (non-hydrogen) atoms. The van der Waals surface area contributed by atoms with Crippen molar-refractivity contribution in [2.45, 2.75) is 12.3 Å². The van der Waals surface area contributed by atoms with Crippen molar-refractivity contribution in [2.24, 2.45) is 0 Å². The Morgan fingerprint density at radius 2 is 0.462 bits per heavy atom. The van der Waals surface area contributed by atoms with E-state index in [2.05, 4.69) is 15.0 Å². The van der Waals surface area contributed by atoms with Gasteiger partial charge in [-0.05, 0) is 0 Å². The number of ether oxygens (including phenoxy) is 14. The van der Waals surface area contributed by atoms with Gasteiger partial charge in [0.2, 0.25) is 17.8 Å². The van der Waals surface area contributed by atoms with Crippen molar-refractivity contribution in [2.75, 3.05) is 208 Å². The van der Waals surface area contributed by atoms with E-state index in [1.54, 1.807) is 57.4 Å². The lowest BCUT2D eigenvalue weighted by molar-refractivity contribution is -0.202. The number of anilines is 3. The summed E-state index contributed by atoms with van der Waals surface area (Å²) >= 11 is 0. The van der Waals surface area contributed by atoms with Crippen LogP contribution in [0, 0.1) is 0 Å². The van der Waals surface area contributed by atoms with Crippen molar-refractivity contribution < 1.29 is 75.9 Å². The van der Waals surface area contributed by atoms with E-state index in [9.17, 15) is 9.59 Å². The predicted molar refractivity (Wildman–Crippen MR) is 227 cm³/mol. The summed E-state index contributed by atoms with van der Waals surface area (Å²) < 4.78 is 74.3. The van der Waals surface area contributed by atoms with Crippen LogP contribution in [0.4, 0.5) is 27.4 Å². The molecule has 0 atom stereocenters. The van der Waals surface area contributed by atoms with Crippen molar-refractivity contribution in [3.63, 3.8) is 0 Å². The summed E-state index contributed by atoms with van der Waals surface area (Å²) in [5.74, 6) is 1.11. The van der Waals surface area contributed by atoms with Crippen LogP contribution in [0.15, 0.2) is 0 Å². The zero-order valence-corrected chi connectivity index (χ0v) is 40.3. The molecule has 2 fully saturated rings. The molecule has 2 saturated heterocycles. The second-order valence-electron chi connectivity index (χ2n) is 13.5. The summed E-state index contributed by atoms with van der Waals surface area (Å²) in [6, 6.07) is -0.981. The Hall–Kier alpha value is -3.77. The lowest BCUT2D eigenvalue weighted by Crippen LogP contribution is -2.61. The van der Waals surface area contributed by atoms with E-state index < -0.39 is 24.4 Å². The number of amides is 4. The summed E-state index contributed by atoms with van der Waals surface area (Å²) in [4.78, 5) is 47.1. The average Bonchev–Trinajstić information content (AvgIpc) is 3.73. The third-order valence-corrected chi connectivity index (χ3v) is 8.65. The lowest BCUT2D eigenvalue weighted by atomic mass is 10.4. The highest BCUT2D eigenvalue weighted by Crippen LogP contribution is 2.39. The number of aromatic nitrogens is 3. The van der Waals surface area contributed by atoms with Crippen molar-refractivity contribution in [1.82, 2.24) is 55.0 Å². The Morgan fingerprint density at radius 1 is 0.308 bits per heavy atom. The quantitative estimate of drug-likeness (QED) is 0.0721. The number of carbonyl (C=O) groups is 2. The third-order valence-electron chi connectivity index (χ3n) is 8.65. The van der Waals surface area contributed by atoms with Gasteiger partial charge in [0.05, 0.1) is 0 Å². The van der Waals surface area contributed by atoms with Crippen LogP contribution in [0.5, 0.6) is 0 Å². The molecule has 1 aromatic heterocycles. The molecule has 1 aromatic rings. The molecule has 0 spiro atoms. The van der Waals surface area contributed by atoms with E-state index in [1.807, 2.05) is 0 Å². The molecule has 3 heterocycles. The number of hydrogen-bond acceptors (Lipinski definition) is 26. The van der Waals surface area contributed by atoms with Gasteiger partial charge in [-0.25, -0.2) is 29.6 Å². The molecule has 30 nitrogen and oxygen atoms in total. The van der Waals surface area contributed by atoms with Crippen molar-refractivity contribution >= 4 is 29.9 Å². The first-order valence-electron chi connectivity index (χ1n) is 19.7. The highest BCUT2D eigenvalue weighted by atomic mass is 16.5. The maximum atomic E-state index is 14.2. The van der Waals surface area contributed by atoms with Crippen LogP contribution in [-0.2, 0) is 66.3 Å². The number of rotatable bonds is 35. The van der Waals surface area contributed by atoms with Crippen molar-refractivity contribution in [3.05, 3.63) is 0 Å². The second kappa shape index (κ2) is 32.0. The van der Waals surface area contributed by atoms with E-state index in [0.29, 0.717) is 17.8 Å². The Balaban J connectivity index is 0.000000474. The van der Waals surface area contributed by atoms with Gasteiger partial charge in [-0.15, -0.1) is 0 Å². The molecule has 0 N–H and O–H groups in total. The maximum absolute atomic E-state index is 14.2. The largest absolute Gasteiger partial charge is 0.368 e. The molecule has 378 valence electrons.